The average Bonchev–Trinajstić information content (AvgIpc) is 3.48. The maximum absolute atomic E-state index is 12.7. The topological polar surface area (TPSA) is 106 Å². The van der Waals surface area contributed by atoms with Crippen molar-refractivity contribution in [2.45, 2.75) is 45.0 Å². The van der Waals surface area contributed by atoms with E-state index in [-0.39, 0.29) is 12.2 Å². The van der Waals surface area contributed by atoms with Crippen LogP contribution in [0.15, 0.2) is 54.7 Å². The second-order valence-corrected chi connectivity index (χ2v) is 10.4. The van der Waals surface area contributed by atoms with Crippen molar-refractivity contribution < 1.29 is 24.2 Å². The highest BCUT2D eigenvalue weighted by molar-refractivity contribution is 6.30. The number of anilines is 1. The third-order valence-corrected chi connectivity index (χ3v) is 6.12. The molecule has 1 aliphatic rings. The van der Waals surface area contributed by atoms with E-state index in [0.717, 1.165) is 11.3 Å². The third kappa shape index (κ3) is 6.61. The van der Waals surface area contributed by atoms with Gasteiger partial charge in [-0.15, -0.1) is 0 Å². The smallest absolute Gasteiger partial charge is 0.410 e. The lowest BCUT2D eigenvalue weighted by Gasteiger charge is -2.24. The zero-order valence-corrected chi connectivity index (χ0v) is 22.0. The van der Waals surface area contributed by atoms with E-state index in [1.165, 1.54) is 0 Å². The summed E-state index contributed by atoms with van der Waals surface area (Å²) in [5.74, 6) is 0.0200. The van der Waals surface area contributed by atoms with Gasteiger partial charge >= 0.3 is 6.09 Å². The number of likely N-dealkylation sites (tertiary alicyclic amines) is 1. The van der Waals surface area contributed by atoms with E-state index in [1.807, 2.05) is 33.9 Å². The van der Waals surface area contributed by atoms with Crippen LogP contribution in [0, 0.1) is 0 Å². The summed E-state index contributed by atoms with van der Waals surface area (Å²) in [5.41, 5.74) is 1.86. The van der Waals surface area contributed by atoms with Crippen LogP contribution in [0.25, 0.3) is 11.3 Å². The molecule has 0 aliphatic carbocycles. The van der Waals surface area contributed by atoms with Crippen molar-refractivity contribution in [3.63, 3.8) is 0 Å². The molecule has 2 atom stereocenters. The maximum Gasteiger partial charge on any atom is 0.410 e. The maximum atomic E-state index is 12.7. The van der Waals surface area contributed by atoms with Gasteiger partial charge in [-0.25, -0.2) is 4.79 Å². The van der Waals surface area contributed by atoms with Crippen molar-refractivity contribution in [3.05, 3.63) is 65.3 Å². The van der Waals surface area contributed by atoms with E-state index in [9.17, 15) is 14.7 Å². The minimum absolute atomic E-state index is 0.216. The van der Waals surface area contributed by atoms with E-state index < -0.39 is 17.6 Å². The molecular formula is C27H31ClN4O5. The first kappa shape index (κ1) is 26.5. The molecule has 2 amide bonds. The Kier molecular flexibility index (Phi) is 7.75. The van der Waals surface area contributed by atoms with Gasteiger partial charge in [0.15, 0.2) is 6.10 Å². The molecule has 2 heterocycles. The van der Waals surface area contributed by atoms with Gasteiger partial charge in [0.2, 0.25) is 0 Å². The third-order valence-electron chi connectivity index (χ3n) is 5.87. The molecule has 2 aromatic carbocycles. The molecule has 37 heavy (non-hydrogen) atoms. The Labute approximate surface area is 220 Å². The van der Waals surface area contributed by atoms with Crippen LogP contribution in [0.2, 0.25) is 5.02 Å². The molecule has 3 aromatic rings. The fraction of sp³-hybridized carbons (Fsp3) is 0.370. The van der Waals surface area contributed by atoms with Gasteiger partial charge in [0.05, 0.1) is 12.2 Å². The molecule has 0 bridgehead atoms. The number of hydrogen-bond acceptors (Lipinski definition) is 6. The standard InChI is InChI=1S/C27H31ClN4O5/c1-27(2,3)37-26(35)32-14-12-20(16-32)36-23-10-9-19(15-21(23)22-11-13-29-31(22)4)30-25(34)24(33)17-5-7-18(28)8-6-17/h5-11,13,15,20,24,33H,12,14,16H2,1-4H3,(H,30,34). The Balaban J connectivity index is 1.51. The summed E-state index contributed by atoms with van der Waals surface area (Å²) in [5, 5.41) is 18.0. The fourth-order valence-electron chi connectivity index (χ4n) is 4.05. The van der Waals surface area contributed by atoms with Gasteiger partial charge in [0.1, 0.15) is 17.5 Å². The van der Waals surface area contributed by atoms with E-state index in [0.29, 0.717) is 41.5 Å². The molecule has 1 aromatic heterocycles. The first-order chi connectivity index (χ1) is 17.5. The highest BCUT2D eigenvalue weighted by atomic mass is 35.5. The number of amides is 2. The predicted molar refractivity (Wildman–Crippen MR) is 141 cm³/mol. The van der Waals surface area contributed by atoms with Crippen LogP contribution in [0.1, 0.15) is 38.9 Å². The number of nitrogens with one attached hydrogen (secondary N) is 1. The van der Waals surface area contributed by atoms with Crippen LogP contribution in [-0.2, 0) is 16.6 Å². The van der Waals surface area contributed by atoms with Crippen LogP contribution in [0.5, 0.6) is 5.75 Å². The van der Waals surface area contributed by atoms with Crippen molar-refractivity contribution in [2.24, 2.45) is 7.05 Å². The molecule has 10 heteroatoms. The van der Waals surface area contributed by atoms with Crippen LogP contribution < -0.4 is 10.1 Å². The molecule has 2 N–H and O–H groups in total. The monoisotopic (exact) mass is 526 g/mol. The fourth-order valence-corrected chi connectivity index (χ4v) is 4.18. The molecular weight excluding hydrogens is 496 g/mol. The second kappa shape index (κ2) is 10.8. The molecule has 0 spiro atoms. The molecule has 4 rings (SSSR count). The lowest BCUT2D eigenvalue weighted by Crippen LogP contribution is -2.36. The summed E-state index contributed by atoms with van der Waals surface area (Å²) < 4.78 is 13.5. The van der Waals surface area contributed by atoms with Crippen molar-refractivity contribution in [1.29, 1.82) is 0 Å². The molecule has 2 unspecified atom stereocenters. The quantitative estimate of drug-likeness (QED) is 0.478. The summed E-state index contributed by atoms with van der Waals surface area (Å²) in [6.07, 6.45) is 0.407. The van der Waals surface area contributed by atoms with Gasteiger partial charge in [0.25, 0.3) is 5.91 Å². The second-order valence-electron chi connectivity index (χ2n) is 9.95. The molecule has 1 aliphatic heterocycles. The van der Waals surface area contributed by atoms with Crippen LogP contribution >= 0.6 is 11.6 Å². The number of hydrogen-bond donors (Lipinski definition) is 2. The summed E-state index contributed by atoms with van der Waals surface area (Å²) in [4.78, 5) is 26.8. The number of nitrogens with zero attached hydrogens (tertiary/aromatic N) is 3. The number of aromatic nitrogens is 2. The van der Waals surface area contributed by atoms with Gasteiger partial charge in [0, 0.05) is 42.5 Å². The summed E-state index contributed by atoms with van der Waals surface area (Å²) in [6.45, 7) is 6.46. The van der Waals surface area contributed by atoms with Gasteiger partial charge < -0.3 is 24.8 Å². The first-order valence-corrected chi connectivity index (χ1v) is 12.4. The molecule has 196 valence electrons. The number of carbonyl (C=O) groups excluding carboxylic acids is 2. The number of benzene rings is 2. The first-order valence-electron chi connectivity index (χ1n) is 12.0. The Morgan fingerprint density at radius 1 is 1.16 bits per heavy atom. The van der Waals surface area contributed by atoms with E-state index in [4.69, 9.17) is 21.1 Å². The summed E-state index contributed by atoms with van der Waals surface area (Å²) in [7, 11) is 1.81. The zero-order valence-electron chi connectivity index (χ0n) is 21.3. The minimum atomic E-state index is -1.36. The number of aryl methyl sites for hydroxylation is 1. The van der Waals surface area contributed by atoms with Gasteiger partial charge in [-0.05, 0) is 62.7 Å². The minimum Gasteiger partial charge on any atom is -0.488 e. The molecule has 9 nitrogen and oxygen atoms in total. The van der Waals surface area contributed by atoms with Gasteiger partial charge in [-0.2, -0.15) is 5.10 Å². The van der Waals surface area contributed by atoms with Crippen molar-refractivity contribution in [1.82, 2.24) is 14.7 Å². The van der Waals surface area contributed by atoms with Crippen LogP contribution in [0.3, 0.4) is 0 Å². The highest BCUT2D eigenvalue weighted by Crippen LogP contribution is 2.34. The number of rotatable bonds is 6. The van der Waals surface area contributed by atoms with Crippen molar-refractivity contribution in [3.8, 4) is 17.0 Å². The molecule has 1 saturated heterocycles. The van der Waals surface area contributed by atoms with Crippen LogP contribution in [-0.4, -0.2) is 56.6 Å². The lowest BCUT2D eigenvalue weighted by molar-refractivity contribution is -0.124. The Bertz CT molecular complexity index is 1270. The zero-order chi connectivity index (χ0) is 26.7. The van der Waals surface area contributed by atoms with E-state index in [2.05, 4.69) is 10.4 Å². The van der Waals surface area contributed by atoms with Crippen LogP contribution in [0.4, 0.5) is 10.5 Å². The number of halogens is 1. The predicted octanol–water partition coefficient (Wildman–Crippen LogP) is 4.80. The number of aliphatic hydroxyl groups excluding tert-OH is 1. The largest absolute Gasteiger partial charge is 0.488 e. The Hall–Kier alpha value is -3.56. The van der Waals surface area contributed by atoms with Gasteiger partial charge in [-0.1, -0.05) is 23.7 Å². The van der Waals surface area contributed by atoms with Crippen molar-refractivity contribution in [2.75, 3.05) is 18.4 Å². The Morgan fingerprint density at radius 2 is 1.89 bits per heavy atom. The van der Waals surface area contributed by atoms with Gasteiger partial charge in [-0.3, -0.25) is 9.48 Å². The lowest BCUT2D eigenvalue weighted by atomic mass is 10.1. The molecule has 0 saturated carbocycles. The van der Waals surface area contributed by atoms with E-state index in [1.54, 1.807) is 58.2 Å². The Morgan fingerprint density at radius 3 is 2.54 bits per heavy atom. The summed E-state index contributed by atoms with van der Waals surface area (Å²) in [6, 6.07) is 13.5. The number of aliphatic hydroxyl groups is 1. The molecule has 1 fully saturated rings. The molecule has 0 radical (unpaired) electrons. The number of carbonyl (C=O) groups is 2. The SMILES string of the molecule is Cn1nccc1-c1cc(NC(=O)C(O)c2ccc(Cl)cc2)ccc1OC1CCN(C(=O)OC(C)(C)C)C1. The number of ether oxygens (including phenoxy) is 2. The van der Waals surface area contributed by atoms with E-state index >= 15 is 0 Å². The highest BCUT2D eigenvalue weighted by Gasteiger charge is 2.31. The summed E-state index contributed by atoms with van der Waals surface area (Å²) >= 11 is 5.90. The van der Waals surface area contributed by atoms with Crippen molar-refractivity contribution >= 4 is 29.3 Å². The normalized spacial score (nSPS) is 16.4. The average molecular weight is 527 g/mol.